The number of carbonyl (C=O) groups is 3. The summed E-state index contributed by atoms with van der Waals surface area (Å²) in [5.41, 5.74) is 1.17. The number of anilines is 2. The number of amides is 3. The lowest BCUT2D eigenvalue weighted by atomic mass is 9.93. The van der Waals surface area contributed by atoms with Crippen LogP contribution in [-0.2, 0) is 0 Å². The number of rotatable bonds is 9. The fourth-order valence-electron chi connectivity index (χ4n) is 4.81. The average molecular weight is 635 g/mol. The summed E-state index contributed by atoms with van der Waals surface area (Å²) in [5.74, 6) is 0.314. The van der Waals surface area contributed by atoms with Crippen molar-refractivity contribution in [3.63, 3.8) is 0 Å². The number of carboxylic acids is 1. The summed E-state index contributed by atoms with van der Waals surface area (Å²) in [4.78, 5) is 36.4. The van der Waals surface area contributed by atoms with E-state index >= 15 is 0 Å². The quantitative estimate of drug-likeness (QED) is 0.147. The number of carbonyl (C=O) groups excluding carboxylic acids is 2. The highest BCUT2D eigenvalue weighted by Crippen LogP contribution is 2.29. The van der Waals surface area contributed by atoms with Crippen LogP contribution in [0.1, 0.15) is 46.4 Å². The van der Waals surface area contributed by atoms with Gasteiger partial charge in [-0.25, -0.2) is 9.59 Å². The van der Waals surface area contributed by atoms with Gasteiger partial charge >= 0.3 is 12.0 Å². The van der Waals surface area contributed by atoms with Gasteiger partial charge in [-0.2, -0.15) is 0 Å². The molecule has 0 spiro atoms. The molecule has 0 aromatic heterocycles. The van der Waals surface area contributed by atoms with Crippen molar-refractivity contribution in [3.8, 4) is 17.2 Å². The van der Waals surface area contributed by atoms with Crippen molar-refractivity contribution < 1.29 is 29.0 Å². The van der Waals surface area contributed by atoms with Crippen molar-refractivity contribution in [2.24, 2.45) is 0 Å². The number of aromatic carboxylic acids is 1. The van der Waals surface area contributed by atoms with Crippen LogP contribution in [0.2, 0.25) is 10.0 Å². The van der Waals surface area contributed by atoms with Crippen LogP contribution >= 0.6 is 23.2 Å². The van der Waals surface area contributed by atoms with Gasteiger partial charge in [-0.05, 0) is 105 Å². The first-order valence-electron chi connectivity index (χ1n) is 13.9. The fraction of sp³-hybridized carbons (Fsp3) is 0.182. The van der Waals surface area contributed by atoms with Crippen molar-refractivity contribution in [1.29, 1.82) is 0 Å². The zero-order valence-electron chi connectivity index (χ0n) is 23.4. The second-order valence-electron chi connectivity index (χ2n) is 10.2. The minimum atomic E-state index is -1.12. The molecule has 0 atom stereocenters. The summed E-state index contributed by atoms with van der Waals surface area (Å²) >= 11 is 11.9. The van der Waals surface area contributed by atoms with E-state index in [0.29, 0.717) is 32.8 Å². The van der Waals surface area contributed by atoms with Crippen molar-refractivity contribution in [2.45, 2.75) is 37.8 Å². The molecular formula is C33H29Cl2N3O6. The molecule has 0 radical (unpaired) electrons. The Morgan fingerprint density at radius 2 is 1.36 bits per heavy atom. The Bertz CT molecular complexity index is 1640. The van der Waals surface area contributed by atoms with Crippen LogP contribution in [0.15, 0.2) is 91.0 Å². The van der Waals surface area contributed by atoms with Gasteiger partial charge in [0.25, 0.3) is 5.91 Å². The van der Waals surface area contributed by atoms with Gasteiger partial charge in [-0.3, -0.25) is 4.79 Å². The number of hydrogen-bond donors (Lipinski definition) is 4. The van der Waals surface area contributed by atoms with E-state index in [1.807, 2.05) is 12.1 Å². The molecule has 4 N–H and O–H groups in total. The maximum absolute atomic E-state index is 12.6. The molecule has 0 bridgehead atoms. The van der Waals surface area contributed by atoms with Gasteiger partial charge in [0.15, 0.2) is 0 Å². The van der Waals surface area contributed by atoms with Crippen LogP contribution in [0.3, 0.4) is 0 Å². The molecule has 44 heavy (non-hydrogen) atoms. The molecule has 3 amide bonds. The highest BCUT2D eigenvalue weighted by atomic mass is 35.5. The first-order chi connectivity index (χ1) is 21.2. The first-order valence-corrected chi connectivity index (χ1v) is 14.7. The number of para-hydroxylation sites is 1. The van der Waals surface area contributed by atoms with Gasteiger partial charge in [0.1, 0.15) is 17.2 Å². The molecule has 11 heteroatoms. The highest BCUT2D eigenvalue weighted by Gasteiger charge is 2.24. The van der Waals surface area contributed by atoms with Crippen LogP contribution in [-0.4, -0.2) is 35.2 Å². The Hall–Kier alpha value is -4.73. The third kappa shape index (κ3) is 8.21. The molecule has 1 saturated carbocycles. The predicted octanol–water partition coefficient (Wildman–Crippen LogP) is 8.25. The number of halogens is 2. The fourth-order valence-corrected chi connectivity index (χ4v) is 5.11. The van der Waals surface area contributed by atoms with Gasteiger partial charge < -0.3 is 30.5 Å². The number of carboxylic acid groups (broad SMARTS) is 1. The Labute approximate surface area is 264 Å². The predicted molar refractivity (Wildman–Crippen MR) is 170 cm³/mol. The van der Waals surface area contributed by atoms with Crippen molar-refractivity contribution in [3.05, 3.63) is 112 Å². The summed E-state index contributed by atoms with van der Waals surface area (Å²) in [6.07, 6.45) is 3.23. The molecular weight excluding hydrogens is 605 g/mol. The van der Waals surface area contributed by atoms with E-state index in [-0.39, 0.29) is 29.4 Å². The van der Waals surface area contributed by atoms with Crippen LogP contribution < -0.4 is 25.4 Å². The van der Waals surface area contributed by atoms with Gasteiger partial charge in [0.2, 0.25) is 0 Å². The van der Waals surface area contributed by atoms with Gasteiger partial charge in [0.05, 0.1) is 27.4 Å². The lowest BCUT2D eigenvalue weighted by Gasteiger charge is -2.29. The third-order valence-electron chi connectivity index (χ3n) is 7.07. The van der Waals surface area contributed by atoms with Crippen molar-refractivity contribution in [2.75, 3.05) is 10.6 Å². The zero-order chi connectivity index (χ0) is 31.1. The van der Waals surface area contributed by atoms with Gasteiger partial charge in [-0.1, -0.05) is 35.3 Å². The molecule has 0 unspecified atom stereocenters. The van der Waals surface area contributed by atoms with E-state index in [1.165, 1.54) is 12.1 Å². The van der Waals surface area contributed by atoms with Crippen LogP contribution in [0.25, 0.3) is 0 Å². The van der Waals surface area contributed by atoms with E-state index in [0.717, 1.165) is 31.4 Å². The monoisotopic (exact) mass is 633 g/mol. The second-order valence-corrected chi connectivity index (χ2v) is 11.0. The third-order valence-corrected chi connectivity index (χ3v) is 7.81. The molecule has 226 valence electrons. The molecule has 0 aliphatic heterocycles. The van der Waals surface area contributed by atoms with Crippen molar-refractivity contribution in [1.82, 2.24) is 5.32 Å². The summed E-state index contributed by atoms with van der Waals surface area (Å²) < 4.78 is 12.1. The average Bonchev–Trinajstić information content (AvgIpc) is 3.01. The normalized spacial score (nSPS) is 16.0. The van der Waals surface area contributed by atoms with E-state index < -0.39 is 11.9 Å². The Balaban J connectivity index is 1.06. The minimum Gasteiger partial charge on any atom is -0.490 e. The number of hydrogen-bond acceptors (Lipinski definition) is 5. The number of urea groups is 1. The summed E-state index contributed by atoms with van der Waals surface area (Å²) in [5, 5.41) is 18.5. The first kappa shape index (κ1) is 30.7. The van der Waals surface area contributed by atoms with E-state index in [1.54, 1.807) is 66.7 Å². The smallest absolute Gasteiger partial charge is 0.337 e. The van der Waals surface area contributed by atoms with Crippen molar-refractivity contribution >= 4 is 52.5 Å². The van der Waals surface area contributed by atoms with Crippen LogP contribution in [0.5, 0.6) is 17.2 Å². The maximum Gasteiger partial charge on any atom is 0.337 e. The molecule has 4 aromatic carbocycles. The molecule has 5 rings (SSSR count). The number of nitrogens with one attached hydrogen (secondary N) is 3. The minimum absolute atomic E-state index is 0.0135. The van der Waals surface area contributed by atoms with E-state index in [2.05, 4.69) is 16.0 Å². The van der Waals surface area contributed by atoms with Gasteiger partial charge in [0, 0.05) is 17.3 Å². The van der Waals surface area contributed by atoms with E-state index in [9.17, 15) is 19.5 Å². The molecule has 4 aromatic rings. The largest absolute Gasteiger partial charge is 0.490 e. The molecule has 1 aliphatic rings. The number of ether oxygens (including phenoxy) is 2. The summed E-state index contributed by atoms with van der Waals surface area (Å²) in [6.45, 7) is 0. The second kappa shape index (κ2) is 14.2. The van der Waals surface area contributed by atoms with Crippen LogP contribution in [0.4, 0.5) is 16.2 Å². The lowest BCUT2D eigenvalue weighted by Crippen LogP contribution is -2.41. The standard InChI is InChI=1S/C33H29Cl2N3O6/c34-28-18-9-22(19-29(28)35)37-33(42)36-21-7-12-24(13-8-21)44-26-16-14-25(15-17-26)43-23-10-5-20(6-11-23)31(39)38-30-4-2-1-3-27(30)32(40)41/h1-6,9-11,14-19,21,24H,7-8,12-13H2,(H,38,39)(H,40,41)(H2,36,37,42). The SMILES string of the molecule is O=C(Nc1ccc(Cl)c(Cl)c1)NC1CCC(Oc2ccc(Oc3ccc(C(=O)Nc4ccccc4C(=O)O)cc3)cc2)CC1. The Morgan fingerprint density at radius 1 is 0.727 bits per heavy atom. The summed E-state index contributed by atoms with van der Waals surface area (Å²) in [7, 11) is 0. The topological polar surface area (TPSA) is 126 Å². The van der Waals surface area contributed by atoms with Crippen LogP contribution in [0, 0.1) is 0 Å². The lowest BCUT2D eigenvalue weighted by molar-refractivity contribution is 0.0698. The maximum atomic E-state index is 12.6. The molecule has 0 heterocycles. The Morgan fingerprint density at radius 3 is 2.02 bits per heavy atom. The molecule has 1 fully saturated rings. The number of benzene rings is 4. The van der Waals surface area contributed by atoms with E-state index in [4.69, 9.17) is 32.7 Å². The molecule has 1 aliphatic carbocycles. The zero-order valence-corrected chi connectivity index (χ0v) is 24.9. The molecule has 9 nitrogen and oxygen atoms in total. The molecule has 0 saturated heterocycles. The van der Waals surface area contributed by atoms with Gasteiger partial charge in [-0.15, -0.1) is 0 Å². The Kier molecular flexibility index (Phi) is 9.89. The summed E-state index contributed by atoms with van der Waals surface area (Å²) in [6, 6.07) is 24.7. The highest BCUT2D eigenvalue weighted by molar-refractivity contribution is 6.42.